The van der Waals surface area contributed by atoms with Gasteiger partial charge in [-0.05, 0) is 30.7 Å². The molecule has 0 saturated heterocycles. The van der Waals surface area contributed by atoms with E-state index in [4.69, 9.17) is 9.47 Å². The van der Waals surface area contributed by atoms with Crippen LogP contribution in [-0.4, -0.2) is 28.4 Å². The molecule has 29 heavy (non-hydrogen) atoms. The van der Waals surface area contributed by atoms with E-state index < -0.39 is 11.8 Å². The summed E-state index contributed by atoms with van der Waals surface area (Å²) in [7, 11) is 0. The Labute approximate surface area is 165 Å². The molecule has 2 heterocycles. The molecule has 1 aliphatic heterocycles. The van der Waals surface area contributed by atoms with Crippen LogP contribution in [0.15, 0.2) is 47.3 Å². The van der Waals surface area contributed by atoms with E-state index in [1.54, 1.807) is 36.4 Å². The topological polar surface area (TPSA) is 112 Å². The molecule has 2 amide bonds. The van der Waals surface area contributed by atoms with Gasteiger partial charge in [-0.15, -0.1) is 0 Å². The SMILES string of the molecule is CCCn1nc(C(=O)NNC(=O)c2ccc3c(c2)OCO3)c2ccccc2c1=O. The van der Waals surface area contributed by atoms with Crippen molar-refractivity contribution in [2.45, 2.75) is 19.9 Å². The number of benzene rings is 2. The molecule has 1 aromatic heterocycles. The minimum atomic E-state index is -0.625. The fourth-order valence-corrected chi connectivity index (χ4v) is 3.05. The lowest BCUT2D eigenvalue weighted by Gasteiger charge is -2.11. The van der Waals surface area contributed by atoms with Crippen LogP contribution < -0.4 is 25.9 Å². The molecule has 9 nitrogen and oxygen atoms in total. The van der Waals surface area contributed by atoms with Crippen LogP contribution in [0.5, 0.6) is 11.5 Å². The number of ether oxygens (including phenoxy) is 2. The Balaban J connectivity index is 1.57. The highest BCUT2D eigenvalue weighted by Crippen LogP contribution is 2.32. The summed E-state index contributed by atoms with van der Waals surface area (Å²) < 4.78 is 11.7. The number of rotatable bonds is 4. The summed E-state index contributed by atoms with van der Waals surface area (Å²) in [6, 6.07) is 11.4. The van der Waals surface area contributed by atoms with Crippen LogP contribution in [0.3, 0.4) is 0 Å². The maximum absolute atomic E-state index is 12.7. The van der Waals surface area contributed by atoms with Crippen molar-refractivity contribution in [3.05, 3.63) is 64.1 Å². The van der Waals surface area contributed by atoms with Crippen molar-refractivity contribution in [3.8, 4) is 11.5 Å². The Morgan fingerprint density at radius 1 is 1.03 bits per heavy atom. The first-order valence-corrected chi connectivity index (χ1v) is 9.08. The molecular weight excluding hydrogens is 376 g/mol. The lowest BCUT2D eigenvalue weighted by molar-refractivity contribution is 0.0843. The summed E-state index contributed by atoms with van der Waals surface area (Å²) in [4.78, 5) is 37.6. The van der Waals surface area contributed by atoms with Crippen molar-refractivity contribution in [2.24, 2.45) is 0 Å². The quantitative estimate of drug-likeness (QED) is 0.651. The number of aromatic nitrogens is 2. The van der Waals surface area contributed by atoms with Gasteiger partial charge in [-0.1, -0.05) is 25.1 Å². The van der Waals surface area contributed by atoms with Crippen LogP contribution in [-0.2, 0) is 6.54 Å². The molecule has 2 N–H and O–H groups in total. The van der Waals surface area contributed by atoms with Gasteiger partial charge in [-0.2, -0.15) is 5.10 Å². The van der Waals surface area contributed by atoms with E-state index in [1.807, 2.05) is 6.92 Å². The molecule has 0 aliphatic carbocycles. The van der Waals surface area contributed by atoms with Crippen molar-refractivity contribution >= 4 is 22.6 Å². The van der Waals surface area contributed by atoms with Gasteiger partial charge in [0.1, 0.15) is 0 Å². The van der Waals surface area contributed by atoms with Crippen molar-refractivity contribution in [1.29, 1.82) is 0 Å². The van der Waals surface area contributed by atoms with Crippen molar-refractivity contribution in [1.82, 2.24) is 20.6 Å². The maximum Gasteiger partial charge on any atom is 0.290 e. The molecule has 3 aromatic rings. The second-order valence-corrected chi connectivity index (χ2v) is 6.40. The van der Waals surface area contributed by atoms with Crippen LogP contribution in [0.4, 0.5) is 0 Å². The highest BCUT2D eigenvalue weighted by molar-refractivity contribution is 6.06. The zero-order chi connectivity index (χ0) is 20.4. The number of carbonyl (C=O) groups excluding carboxylic acids is 2. The molecule has 0 spiro atoms. The van der Waals surface area contributed by atoms with E-state index in [1.165, 1.54) is 10.7 Å². The fourth-order valence-electron chi connectivity index (χ4n) is 3.05. The highest BCUT2D eigenvalue weighted by atomic mass is 16.7. The molecule has 0 bridgehead atoms. The summed E-state index contributed by atoms with van der Waals surface area (Å²) in [5.41, 5.74) is 4.80. The number of nitrogens with one attached hydrogen (secondary N) is 2. The number of hydrogen-bond donors (Lipinski definition) is 2. The van der Waals surface area contributed by atoms with Gasteiger partial charge in [0.25, 0.3) is 17.4 Å². The molecule has 0 atom stereocenters. The van der Waals surface area contributed by atoms with Gasteiger partial charge in [0.05, 0.1) is 5.39 Å². The Hall–Kier alpha value is -3.88. The second kappa shape index (κ2) is 7.63. The molecule has 4 rings (SSSR count). The lowest BCUT2D eigenvalue weighted by Crippen LogP contribution is -2.42. The van der Waals surface area contributed by atoms with E-state index in [9.17, 15) is 14.4 Å². The van der Waals surface area contributed by atoms with Crippen molar-refractivity contribution < 1.29 is 19.1 Å². The third-order valence-corrected chi connectivity index (χ3v) is 4.44. The molecule has 0 saturated carbocycles. The minimum absolute atomic E-state index is 0.0552. The highest BCUT2D eigenvalue weighted by Gasteiger charge is 2.19. The van der Waals surface area contributed by atoms with Gasteiger partial charge >= 0.3 is 0 Å². The number of carbonyl (C=O) groups is 2. The molecule has 0 radical (unpaired) electrons. The molecule has 0 fully saturated rings. The van der Waals surface area contributed by atoms with E-state index in [0.29, 0.717) is 40.8 Å². The average Bonchev–Trinajstić information content (AvgIpc) is 3.22. The Morgan fingerprint density at radius 2 is 1.76 bits per heavy atom. The maximum atomic E-state index is 12.7. The predicted octanol–water partition coefficient (Wildman–Crippen LogP) is 1.61. The van der Waals surface area contributed by atoms with Crippen LogP contribution >= 0.6 is 0 Å². The second-order valence-electron chi connectivity index (χ2n) is 6.40. The van der Waals surface area contributed by atoms with Gasteiger partial charge in [0.15, 0.2) is 17.2 Å². The van der Waals surface area contributed by atoms with E-state index in [-0.39, 0.29) is 18.0 Å². The van der Waals surface area contributed by atoms with Crippen LogP contribution in [0.1, 0.15) is 34.2 Å². The zero-order valence-electron chi connectivity index (χ0n) is 15.6. The number of amides is 2. The minimum Gasteiger partial charge on any atom is -0.454 e. The van der Waals surface area contributed by atoms with Gasteiger partial charge in [-0.3, -0.25) is 25.2 Å². The molecular formula is C20H18N4O5. The molecule has 2 aromatic carbocycles. The van der Waals surface area contributed by atoms with Crippen LogP contribution in [0, 0.1) is 0 Å². The number of hydrogen-bond acceptors (Lipinski definition) is 6. The Morgan fingerprint density at radius 3 is 2.55 bits per heavy atom. The van der Waals surface area contributed by atoms with E-state index >= 15 is 0 Å². The average molecular weight is 394 g/mol. The number of hydrazine groups is 1. The predicted molar refractivity (Wildman–Crippen MR) is 104 cm³/mol. The number of nitrogens with zero attached hydrogens (tertiary/aromatic N) is 2. The third-order valence-electron chi connectivity index (χ3n) is 4.44. The van der Waals surface area contributed by atoms with Crippen LogP contribution in [0.25, 0.3) is 10.8 Å². The fraction of sp³-hybridized carbons (Fsp3) is 0.200. The largest absolute Gasteiger partial charge is 0.454 e. The zero-order valence-corrected chi connectivity index (χ0v) is 15.6. The lowest BCUT2D eigenvalue weighted by atomic mass is 10.1. The number of aryl methyl sites for hydroxylation is 1. The summed E-state index contributed by atoms with van der Waals surface area (Å²) in [5.74, 6) is -0.134. The molecule has 0 unspecified atom stereocenters. The van der Waals surface area contributed by atoms with E-state index in [0.717, 1.165) is 0 Å². The Bertz CT molecular complexity index is 1170. The van der Waals surface area contributed by atoms with Gasteiger partial charge in [0.2, 0.25) is 6.79 Å². The first kappa shape index (κ1) is 18.5. The first-order chi connectivity index (χ1) is 14.1. The monoisotopic (exact) mass is 394 g/mol. The smallest absolute Gasteiger partial charge is 0.290 e. The third kappa shape index (κ3) is 3.49. The Kier molecular flexibility index (Phi) is 4.86. The summed E-state index contributed by atoms with van der Waals surface area (Å²) in [5, 5.41) is 5.00. The van der Waals surface area contributed by atoms with Gasteiger partial charge in [-0.25, -0.2) is 4.68 Å². The summed E-state index contributed by atoms with van der Waals surface area (Å²) >= 11 is 0. The van der Waals surface area contributed by atoms with Crippen molar-refractivity contribution in [2.75, 3.05) is 6.79 Å². The van der Waals surface area contributed by atoms with Gasteiger partial charge in [0, 0.05) is 17.5 Å². The molecule has 1 aliphatic rings. The molecule has 9 heteroatoms. The standard InChI is InChI=1S/C20H18N4O5/c1-2-9-24-20(27)14-6-4-3-5-13(14)17(23-24)19(26)22-21-18(25)12-7-8-15-16(10-12)29-11-28-15/h3-8,10H,2,9,11H2,1H3,(H,21,25)(H,22,26). The summed E-state index contributed by atoms with van der Waals surface area (Å²) in [6.07, 6.45) is 0.688. The van der Waals surface area contributed by atoms with Gasteiger partial charge < -0.3 is 9.47 Å². The molecule has 148 valence electrons. The van der Waals surface area contributed by atoms with E-state index in [2.05, 4.69) is 16.0 Å². The van der Waals surface area contributed by atoms with Crippen LogP contribution in [0.2, 0.25) is 0 Å². The van der Waals surface area contributed by atoms with Crippen molar-refractivity contribution in [3.63, 3.8) is 0 Å². The first-order valence-electron chi connectivity index (χ1n) is 9.08. The number of fused-ring (bicyclic) bond motifs is 2. The summed E-state index contributed by atoms with van der Waals surface area (Å²) in [6.45, 7) is 2.39. The normalized spacial score (nSPS) is 12.0.